The summed E-state index contributed by atoms with van der Waals surface area (Å²) in [5.74, 6) is -0.116. The number of nitrogens with one attached hydrogen (secondary N) is 2. The van der Waals surface area contributed by atoms with E-state index in [9.17, 15) is 14.4 Å². The van der Waals surface area contributed by atoms with E-state index in [0.29, 0.717) is 37.4 Å². The topological polar surface area (TPSA) is 81.8 Å². The first-order valence-electron chi connectivity index (χ1n) is 13.7. The number of rotatable bonds is 6. The van der Waals surface area contributed by atoms with Crippen LogP contribution in [0.4, 0.5) is 5.69 Å². The van der Waals surface area contributed by atoms with Gasteiger partial charge in [0.25, 0.3) is 0 Å². The molecule has 0 bridgehead atoms. The molecule has 8 heteroatoms. The maximum absolute atomic E-state index is 13.8. The monoisotopic (exact) mass is 536 g/mol. The van der Waals surface area contributed by atoms with E-state index in [1.54, 1.807) is 0 Å². The molecule has 0 aromatic heterocycles. The zero-order valence-electron chi connectivity index (χ0n) is 22.2. The molecule has 2 aromatic rings. The van der Waals surface area contributed by atoms with Crippen molar-refractivity contribution in [1.82, 2.24) is 15.5 Å². The fourth-order valence-corrected chi connectivity index (χ4v) is 6.34. The number of carbonyl (C=O) groups excluding carboxylic acids is 3. The van der Waals surface area contributed by atoms with Gasteiger partial charge in [-0.3, -0.25) is 14.4 Å². The minimum absolute atomic E-state index is 0.0424. The predicted octanol–water partition coefficient (Wildman–Crippen LogP) is 3.68. The van der Waals surface area contributed by atoms with E-state index in [0.717, 1.165) is 42.7 Å². The zero-order valence-corrected chi connectivity index (χ0v) is 23.0. The van der Waals surface area contributed by atoms with Crippen molar-refractivity contribution < 1.29 is 14.4 Å². The van der Waals surface area contributed by atoms with E-state index in [2.05, 4.69) is 10.6 Å². The number of fused-ring (bicyclic) bond motifs is 1. The van der Waals surface area contributed by atoms with Crippen LogP contribution in [0.3, 0.4) is 0 Å². The van der Waals surface area contributed by atoms with Crippen LogP contribution in [0.5, 0.6) is 0 Å². The molecule has 2 fully saturated rings. The van der Waals surface area contributed by atoms with Gasteiger partial charge in [0.05, 0.1) is 5.41 Å². The van der Waals surface area contributed by atoms with Crippen molar-refractivity contribution in [2.75, 3.05) is 31.1 Å². The number of amides is 3. The van der Waals surface area contributed by atoms with Crippen molar-refractivity contribution in [2.24, 2.45) is 5.92 Å². The first-order chi connectivity index (χ1) is 18.3. The highest BCUT2D eigenvalue weighted by atomic mass is 35.5. The number of hydrogen-bond donors (Lipinski definition) is 2. The molecular weight excluding hydrogens is 500 g/mol. The normalized spacial score (nSPS) is 20.8. The van der Waals surface area contributed by atoms with Crippen molar-refractivity contribution in [1.29, 1.82) is 0 Å². The largest absolute Gasteiger partial charge is 0.344 e. The summed E-state index contributed by atoms with van der Waals surface area (Å²) in [6, 6.07) is 14.9. The first-order valence-corrected chi connectivity index (χ1v) is 14.1. The highest BCUT2D eigenvalue weighted by Crippen LogP contribution is 2.43. The lowest BCUT2D eigenvalue weighted by molar-refractivity contribution is -0.138. The average Bonchev–Trinajstić information content (AvgIpc) is 3.14. The minimum Gasteiger partial charge on any atom is -0.344 e. The Labute approximate surface area is 229 Å². The third kappa shape index (κ3) is 5.19. The number of anilines is 1. The summed E-state index contributed by atoms with van der Waals surface area (Å²) < 4.78 is 0. The minimum atomic E-state index is -0.679. The molecule has 0 radical (unpaired) electrons. The number of piperidine rings is 2. The van der Waals surface area contributed by atoms with Crippen molar-refractivity contribution in [3.05, 3.63) is 64.7 Å². The molecule has 0 aliphatic carbocycles. The Morgan fingerprint density at radius 1 is 1.03 bits per heavy atom. The Bertz CT molecular complexity index is 1200. The number of halogens is 1. The Morgan fingerprint density at radius 2 is 1.68 bits per heavy atom. The highest BCUT2D eigenvalue weighted by Gasteiger charge is 2.47. The van der Waals surface area contributed by atoms with Crippen molar-refractivity contribution in [3.63, 3.8) is 0 Å². The van der Waals surface area contributed by atoms with E-state index in [1.165, 1.54) is 0 Å². The van der Waals surface area contributed by atoms with Crippen LogP contribution in [-0.2, 0) is 26.2 Å². The fourth-order valence-electron chi connectivity index (χ4n) is 6.12. The second-order valence-electron chi connectivity index (χ2n) is 11.3. The molecule has 5 rings (SSSR count). The summed E-state index contributed by atoms with van der Waals surface area (Å²) in [6.07, 6.45) is 3.28. The highest BCUT2D eigenvalue weighted by molar-refractivity contribution is 6.31. The second kappa shape index (κ2) is 11.1. The number of carbonyl (C=O) groups is 3. The quantitative estimate of drug-likeness (QED) is 0.590. The van der Waals surface area contributed by atoms with Gasteiger partial charge in [0.1, 0.15) is 6.04 Å². The second-order valence-corrected chi connectivity index (χ2v) is 11.7. The molecular formula is C30H37ClN4O3. The summed E-state index contributed by atoms with van der Waals surface area (Å²) in [6.45, 7) is 6.67. The van der Waals surface area contributed by atoms with Crippen LogP contribution in [0, 0.1) is 5.92 Å². The van der Waals surface area contributed by atoms with Gasteiger partial charge in [-0.2, -0.15) is 0 Å². The van der Waals surface area contributed by atoms with Crippen LogP contribution >= 0.6 is 11.6 Å². The lowest BCUT2D eigenvalue weighted by Gasteiger charge is -2.39. The number of likely N-dealkylation sites (tertiary alicyclic amines) is 1. The molecule has 0 spiro atoms. The Morgan fingerprint density at radius 3 is 2.39 bits per heavy atom. The summed E-state index contributed by atoms with van der Waals surface area (Å²) in [5.41, 5.74) is 2.33. The van der Waals surface area contributed by atoms with Crippen LogP contribution in [0.25, 0.3) is 0 Å². The molecule has 3 amide bonds. The van der Waals surface area contributed by atoms with E-state index in [-0.39, 0.29) is 29.7 Å². The smallest absolute Gasteiger partial charge is 0.245 e. The van der Waals surface area contributed by atoms with E-state index < -0.39 is 11.5 Å². The molecule has 2 N–H and O–H groups in total. The lowest BCUT2D eigenvalue weighted by Crippen LogP contribution is -2.55. The number of hydrogen-bond acceptors (Lipinski definition) is 4. The van der Waals surface area contributed by atoms with Gasteiger partial charge in [-0.25, -0.2) is 0 Å². The van der Waals surface area contributed by atoms with Gasteiger partial charge >= 0.3 is 0 Å². The molecule has 2 aromatic carbocycles. The third-order valence-corrected chi connectivity index (χ3v) is 8.81. The standard InChI is InChI=1S/C30H37ClN4O3/c1-30(2)23-8-4-6-10-26(23)35(29(30)38)22-13-17-34(18-14-22)28(37)25(19-21-7-3-5-9-24(21)31)33-27(36)20-11-15-32-16-12-20/h3-10,20,22,25,32H,11-19H2,1-2H3,(H,33,36)/t25-/m0/s1. The molecule has 2 saturated heterocycles. The molecule has 3 aliphatic heterocycles. The van der Waals surface area contributed by atoms with Crippen LogP contribution in [0.1, 0.15) is 50.7 Å². The summed E-state index contributed by atoms with van der Waals surface area (Å²) in [4.78, 5) is 44.1. The summed E-state index contributed by atoms with van der Waals surface area (Å²) in [5, 5.41) is 6.95. The van der Waals surface area contributed by atoms with E-state index >= 15 is 0 Å². The van der Waals surface area contributed by atoms with Gasteiger partial charge in [-0.15, -0.1) is 0 Å². The Hall–Kier alpha value is -2.90. The van der Waals surface area contributed by atoms with Gasteiger partial charge < -0.3 is 20.4 Å². The first kappa shape index (κ1) is 26.7. The van der Waals surface area contributed by atoms with Gasteiger partial charge in [0.15, 0.2) is 0 Å². The predicted molar refractivity (Wildman–Crippen MR) is 149 cm³/mol. The van der Waals surface area contributed by atoms with Gasteiger partial charge in [-0.1, -0.05) is 48.0 Å². The Balaban J connectivity index is 1.29. The van der Waals surface area contributed by atoms with Crippen LogP contribution < -0.4 is 15.5 Å². The molecule has 1 atom stereocenters. The molecule has 0 saturated carbocycles. The molecule has 7 nitrogen and oxygen atoms in total. The van der Waals surface area contributed by atoms with Crippen LogP contribution in [0.2, 0.25) is 5.02 Å². The number of para-hydroxylation sites is 1. The maximum atomic E-state index is 13.8. The third-order valence-electron chi connectivity index (χ3n) is 8.44. The summed E-state index contributed by atoms with van der Waals surface area (Å²) >= 11 is 6.43. The molecule has 3 aliphatic rings. The number of nitrogens with zero attached hydrogens (tertiary/aromatic N) is 2. The zero-order chi connectivity index (χ0) is 26.9. The van der Waals surface area contributed by atoms with E-state index in [1.807, 2.05) is 72.2 Å². The average molecular weight is 537 g/mol. The van der Waals surface area contributed by atoms with Gasteiger partial charge in [-0.05, 0) is 75.9 Å². The number of benzene rings is 2. The van der Waals surface area contributed by atoms with Gasteiger partial charge in [0.2, 0.25) is 17.7 Å². The SMILES string of the molecule is CC1(C)C(=O)N(C2CCN(C(=O)[C@H](Cc3ccccc3Cl)NC(=O)C3CCNCC3)CC2)c2ccccc21. The van der Waals surface area contributed by atoms with Crippen molar-refractivity contribution in [2.45, 2.75) is 63.5 Å². The summed E-state index contributed by atoms with van der Waals surface area (Å²) in [7, 11) is 0. The van der Waals surface area contributed by atoms with Crippen molar-refractivity contribution in [3.8, 4) is 0 Å². The lowest BCUT2D eigenvalue weighted by atomic mass is 9.86. The maximum Gasteiger partial charge on any atom is 0.245 e. The molecule has 38 heavy (non-hydrogen) atoms. The Kier molecular flexibility index (Phi) is 7.78. The molecule has 3 heterocycles. The fraction of sp³-hybridized carbons (Fsp3) is 0.500. The van der Waals surface area contributed by atoms with Crippen LogP contribution in [0.15, 0.2) is 48.5 Å². The van der Waals surface area contributed by atoms with Crippen LogP contribution in [-0.4, -0.2) is 60.9 Å². The van der Waals surface area contributed by atoms with E-state index in [4.69, 9.17) is 11.6 Å². The van der Waals surface area contributed by atoms with Gasteiger partial charge in [0, 0.05) is 42.2 Å². The van der Waals surface area contributed by atoms with Crippen molar-refractivity contribution >= 4 is 35.0 Å². The molecule has 0 unspecified atom stereocenters. The molecule has 202 valence electrons.